The first kappa shape index (κ1) is 17.3. The monoisotopic (exact) mass is 334 g/mol. The van der Waals surface area contributed by atoms with Crippen molar-refractivity contribution in [3.05, 3.63) is 71.3 Å². The summed E-state index contributed by atoms with van der Waals surface area (Å²) in [5.74, 6) is 0. The molecule has 0 fully saturated rings. The average Bonchev–Trinajstić information content (AvgIpc) is 2.58. The molecule has 1 amide bonds. The predicted octanol–water partition coefficient (Wildman–Crippen LogP) is 4.20. The van der Waals surface area contributed by atoms with Gasteiger partial charge in [-0.2, -0.15) is 18.4 Å². The Morgan fingerprint density at radius 2 is 1.75 bits per heavy atom. The zero-order valence-corrected chi connectivity index (χ0v) is 12.4. The summed E-state index contributed by atoms with van der Waals surface area (Å²) < 4.78 is 42.5. The van der Waals surface area contributed by atoms with E-state index in [2.05, 4.69) is 5.32 Å². The van der Waals surface area contributed by atoms with Gasteiger partial charge in [-0.3, -0.25) is 0 Å². The van der Waals surface area contributed by atoms with Gasteiger partial charge < -0.3 is 10.1 Å². The van der Waals surface area contributed by atoms with E-state index in [-0.39, 0.29) is 12.2 Å². The van der Waals surface area contributed by atoms with Crippen molar-refractivity contribution in [3.8, 4) is 6.07 Å². The lowest BCUT2D eigenvalue weighted by Crippen LogP contribution is -2.28. The molecule has 24 heavy (non-hydrogen) atoms. The molecule has 0 aliphatic rings. The second-order valence-corrected chi connectivity index (χ2v) is 4.89. The third-order valence-electron chi connectivity index (χ3n) is 3.18. The zero-order valence-electron chi connectivity index (χ0n) is 12.4. The largest absolute Gasteiger partial charge is 0.445 e. The van der Waals surface area contributed by atoms with Crippen LogP contribution in [0.2, 0.25) is 0 Å². The number of nitrogens with one attached hydrogen (secondary N) is 1. The van der Waals surface area contributed by atoms with Crippen molar-refractivity contribution in [1.29, 1.82) is 5.26 Å². The Labute approximate surface area is 136 Å². The van der Waals surface area contributed by atoms with Crippen molar-refractivity contribution in [2.24, 2.45) is 0 Å². The molecule has 2 aromatic carbocycles. The summed E-state index contributed by atoms with van der Waals surface area (Å²) in [4.78, 5) is 11.7. The van der Waals surface area contributed by atoms with Crippen LogP contribution in [0.1, 0.15) is 22.7 Å². The molecule has 0 heterocycles. The van der Waals surface area contributed by atoms with Gasteiger partial charge in [0.1, 0.15) is 12.6 Å². The maximum absolute atomic E-state index is 12.5. The van der Waals surface area contributed by atoms with Crippen molar-refractivity contribution in [1.82, 2.24) is 5.32 Å². The van der Waals surface area contributed by atoms with Gasteiger partial charge in [0, 0.05) is 0 Å². The van der Waals surface area contributed by atoms with Gasteiger partial charge in [-0.1, -0.05) is 42.5 Å². The summed E-state index contributed by atoms with van der Waals surface area (Å²) in [7, 11) is 0. The second-order valence-electron chi connectivity index (χ2n) is 4.89. The minimum Gasteiger partial charge on any atom is -0.445 e. The maximum atomic E-state index is 12.5. The second kappa shape index (κ2) is 7.51. The summed E-state index contributed by atoms with van der Waals surface area (Å²) in [6, 6.07) is 13.7. The van der Waals surface area contributed by atoms with E-state index in [9.17, 15) is 18.0 Å². The lowest BCUT2D eigenvalue weighted by Gasteiger charge is -2.13. The number of rotatable bonds is 4. The SMILES string of the molecule is N#CC(NC(=O)OCc1ccccc1)c1ccc(C(F)(F)F)cc1. The van der Waals surface area contributed by atoms with E-state index in [0.717, 1.165) is 29.8 Å². The highest BCUT2D eigenvalue weighted by atomic mass is 19.4. The molecule has 1 unspecified atom stereocenters. The summed E-state index contributed by atoms with van der Waals surface area (Å²) >= 11 is 0. The lowest BCUT2D eigenvalue weighted by molar-refractivity contribution is -0.137. The molecule has 4 nitrogen and oxygen atoms in total. The molecule has 0 bridgehead atoms. The molecule has 124 valence electrons. The predicted molar refractivity (Wildman–Crippen MR) is 79.6 cm³/mol. The van der Waals surface area contributed by atoms with E-state index in [1.807, 2.05) is 12.1 Å². The lowest BCUT2D eigenvalue weighted by atomic mass is 10.1. The Morgan fingerprint density at radius 3 is 2.29 bits per heavy atom. The first-order valence-corrected chi connectivity index (χ1v) is 6.94. The molecular formula is C17H13F3N2O2. The average molecular weight is 334 g/mol. The normalized spacial score (nSPS) is 12.1. The van der Waals surface area contributed by atoms with Crippen LogP contribution in [0.15, 0.2) is 54.6 Å². The zero-order chi connectivity index (χ0) is 17.6. The smallest absolute Gasteiger partial charge is 0.416 e. The van der Waals surface area contributed by atoms with Crippen molar-refractivity contribution in [2.75, 3.05) is 0 Å². The molecule has 0 spiro atoms. The molecular weight excluding hydrogens is 321 g/mol. The number of benzene rings is 2. The van der Waals surface area contributed by atoms with Gasteiger partial charge in [0.05, 0.1) is 11.6 Å². The molecule has 2 aromatic rings. The Bertz CT molecular complexity index is 722. The van der Waals surface area contributed by atoms with E-state index in [4.69, 9.17) is 10.00 Å². The fraction of sp³-hybridized carbons (Fsp3) is 0.176. The van der Waals surface area contributed by atoms with Crippen LogP contribution in [0.3, 0.4) is 0 Å². The van der Waals surface area contributed by atoms with Crippen LogP contribution in [-0.2, 0) is 17.5 Å². The molecule has 2 rings (SSSR count). The number of alkyl halides is 3. The molecule has 0 aliphatic carbocycles. The molecule has 1 atom stereocenters. The van der Waals surface area contributed by atoms with E-state index < -0.39 is 23.9 Å². The number of amides is 1. The fourth-order valence-corrected chi connectivity index (χ4v) is 1.94. The third kappa shape index (κ3) is 4.74. The van der Waals surface area contributed by atoms with Crippen LogP contribution in [-0.4, -0.2) is 6.09 Å². The minimum absolute atomic E-state index is 0.0256. The number of alkyl carbamates (subject to hydrolysis) is 1. The number of carbonyl (C=O) groups excluding carboxylic acids is 1. The molecule has 0 radical (unpaired) electrons. The van der Waals surface area contributed by atoms with Gasteiger partial charge in [-0.15, -0.1) is 0 Å². The summed E-state index contributed by atoms with van der Waals surface area (Å²) in [6.07, 6.45) is -5.28. The summed E-state index contributed by atoms with van der Waals surface area (Å²) in [6.45, 7) is 0.0256. The molecule has 0 saturated heterocycles. The van der Waals surface area contributed by atoms with E-state index in [1.54, 1.807) is 24.3 Å². The van der Waals surface area contributed by atoms with Crippen LogP contribution in [0.25, 0.3) is 0 Å². The van der Waals surface area contributed by atoms with E-state index in [1.165, 1.54) is 0 Å². The van der Waals surface area contributed by atoms with E-state index in [0.29, 0.717) is 0 Å². The van der Waals surface area contributed by atoms with Crippen LogP contribution >= 0.6 is 0 Å². The number of nitriles is 1. The van der Waals surface area contributed by atoms with Gasteiger partial charge in [0.2, 0.25) is 0 Å². The van der Waals surface area contributed by atoms with Crippen LogP contribution in [0, 0.1) is 11.3 Å². The molecule has 1 N–H and O–H groups in total. The highest BCUT2D eigenvalue weighted by Gasteiger charge is 2.30. The van der Waals surface area contributed by atoms with Crippen LogP contribution < -0.4 is 5.32 Å². The highest BCUT2D eigenvalue weighted by Crippen LogP contribution is 2.29. The first-order chi connectivity index (χ1) is 11.4. The van der Waals surface area contributed by atoms with Crippen LogP contribution in [0.4, 0.5) is 18.0 Å². The van der Waals surface area contributed by atoms with Crippen molar-refractivity contribution >= 4 is 6.09 Å². The standard InChI is InChI=1S/C17H13F3N2O2/c18-17(19,20)14-8-6-13(7-9-14)15(10-21)22-16(23)24-11-12-4-2-1-3-5-12/h1-9,15H,11H2,(H,22,23). The van der Waals surface area contributed by atoms with Gasteiger partial charge in [0.25, 0.3) is 0 Å². The highest BCUT2D eigenvalue weighted by molar-refractivity contribution is 5.68. The number of halogens is 3. The quantitative estimate of drug-likeness (QED) is 0.911. The number of hydrogen-bond acceptors (Lipinski definition) is 3. The summed E-state index contributed by atoms with van der Waals surface area (Å²) in [5.41, 5.74) is 0.187. The van der Waals surface area contributed by atoms with Crippen molar-refractivity contribution < 1.29 is 22.7 Å². The fourth-order valence-electron chi connectivity index (χ4n) is 1.94. The maximum Gasteiger partial charge on any atom is 0.416 e. The van der Waals surface area contributed by atoms with Gasteiger partial charge in [0.15, 0.2) is 0 Å². The van der Waals surface area contributed by atoms with Crippen LogP contribution in [0.5, 0.6) is 0 Å². The van der Waals surface area contributed by atoms with Crippen molar-refractivity contribution in [2.45, 2.75) is 18.8 Å². The van der Waals surface area contributed by atoms with Gasteiger partial charge in [-0.25, -0.2) is 4.79 Å². The van der Waals surface area contributed by atoms with E-state index >= 15 is 0 Å². The molecule has 0 aliphatic heterocycles. The number of hydrogen-bond donors (Lipinski definition) is 1. The van der Waals surface area contributed by atoms with Gasteiger partial charge in [-0.05, 0) is 23.3 Å². The summed E-state index contributed by atoms with van der Waals surface area (Å²) in [5, 5.41) is 11.4. The first-order valence-electron chi connectivity index (χ1n) is 6.94. The topological polar surface area (TPSA) is 62.1 Å². The minimum atomic E-state index is -4.46. The third-order valence-corrected chi connectivity index (χ3v) is 3.18. The Hall–Kier alpha value is -3.01. The Morgan fingerprint density at radius 1 is 1.12 bits per heavy atom. The van der Waals surface area contributed by atoms with Gasteiger partial charge >= 0.3 is 12.3 Å². The number of carbonyl (C=O) groups is 1. The molecule has 0 aromatic heterocycles. The number of nitrogens with zero attached hydrogens (tertiary/aromatic N) is 1. The molecule has 7 heteroatoms. The molecule has 0 saturated carbocycles. The Kier molecular flexibility index (Phi) is 5.42. The van der Waals surface area contributed by atoms with Crippen molar-refractivity contribution in [3.63, 3.8) is 0 Å². The Balaban J connectivity index is 1.96. The number of ether oxygens (including phenoxy) is 1.